The number of carbonyl (C=O) groups is 1. The minimum Gasteiger partial charge on any atom is -0.393 e. The van der Waals surface area contributed by atoms with Crippen LogP contribution in [0.1, 0.15) is 39.5 Å². The first-order chi connectivity index (χ1) is 7.22. The van der Waals surface area contributed by atoms with E-state index >= 15 is 0 Å². The molecule has 3 N–H and O–H groups in total. The van der Waals surface area contributed by atoms with Gasteiger partial charge in [-0.05, 0) is 25.7 Å². The number of hydrogen-bond acceptors (Lipinski definition) is 3. The molecule has 4 heteroatoms. The fraction of sp³-hybridized carbons (Fsp3) is 0.909. The lowest BCUT2D eigenvalue weighted by Gasteiger charge is -2.25. The number of rotatable bonds is 3. The van der Waals surface area contributed by atoms with Gasteiger partial charge in [0.1, 0.15) is 0 Å². The summed E-state index contributed by atoms with van der Waals surface area (Å²) in [6, 6.07) is 0.403. The van der Waals surface area contributed by atoms with Gasteiger partial charge in [-0.3, -0.25) is 4.79 Å². The van der Waals surface area contributed by atoms with Gasteiger partial charge in [-0.1, -0.05) is 13.8 Å². The van der Waals surface area contributed by atoms with E-state index in [4.69, 9.17) is 0 Å². The molecule has 1 aliphatic carbocycles. The normalized spacial score (nSPS) is 25.1. The van der Waals surface area contributed by atoms with E-state index in [0.717, 1.165) is 25.7 Å². The van der Waals surface area contributed by atoms with Crippen LogP contribution in [0.3, 0.4) is 0 Å². The quantitative estimate of drug-likeness (QED) is 0.649. The van der Waals surface area contributed by atoms with Crippen molar-refractivity contribution in [3.63, 3.8) is 0 Å². The first kappa shape index (κ1) is 14.4. The van der Waals surface area contributed by atoms with Crippen LogP contribution in [0, 0.1) is 0 Å². The Morgan fingerprint density at radius 1 is 1.27 bits per heavy atom. The SMILES string of the molecule is CC.CNC(=O)CNC1CCC(O)CC1. The lowest BCUT2D eigenvalue weighted by atomic mass is 9.93. The zero-order valence-corrected chi connectivity index (χ0v) is 10.0. The molecule has 0 atom stereocenters. The van der Waals surface area contributed by atoms with Crippen LogP contribution in [0.4, 0.5) is 0 Å². The molecular weight excluding hydrogens is 192 g/mol. The molecule has 90 valence electrons. The second kappa shape index (κ2) is 8.68. The maximum absolute atomic E-state index is 10.9. The van der Waals surface area contributed by atoms with Crippen LogP contribution in [0.2, 0.25) is 0 Å². The van der Waals surface area contributed by atoms with Gasteiger partial charge in [-0.2, -0.15) is 0 Å². The van der Waals surface area contributed by atoms with Gasteiger partial charge in [0.25, 0.3) is 0 Å². The highest BCUT2D eigenvalue weighted by Crippen LogP contribution is 2.17. The lowest BCUT2D eigenvalue weighted by Crippen LogP contribution is -2.40. The van der Waals surface area contributed by atoms with Crippen molar-refractivity contribution < 1.29 is 9.90 Å². The molecule has 0 aromatic rings. The van der Waals surface area contributed by atoms with Crippen molar-refractivity contribution in [1.29, 1.82) is 0 Å². The molecule has 0 unspecified atom stereocenters. The smallest absolute Gasteiger partial charge is 0.233 e. The molecule has 0 bridgehead atoms. The van der Waals surface area contributed by atoms with Crippen LogP contribution < -0.4 is 10.6 Å². The number of carbonyl (C=O) groups excluding carboxylic acids is 1. The number of amides is 1. The molecule has 1 amide bonds. The van der Waals surface area contributed by atoms with Gasteiger partial charge in [-0.25, -0.2) is 0 Å². The van der Waals surface area contributed by atoms with Crippen molar-refractivity contribution in [2.75, 3.05) is 13.6 Å². The number of likely N-dealkylation sites (N-methyl/N-ethyl adjacent to an activating group) is 1. The Labute approximate surface area is 92.4 Å². The van der Waals surface area contributed by atoms with Gasteiger partial charge in [0.05, 0.1) is 12.6 Å². The van der Waals surface area contributed by atoms with Gasteiger partial charge in [0.15, 0.2) is 0 Å². The maximum atomic E-state index is 10.9. The number of aliphatic hydroxyl groups excluding tert-OH is 1. The summed E-state index contributed by atoms with van der Waals surface area (Å²) in [5.74, 6) is 0.0196. The van der Waals surface area contributed by atoms with Crippen molar-refractivity contribution in [1.82, 2.24) is 10.6 Å². The minimum absolute atomic E-state index is 0.0196. The summed E-state index contributed by atoms with van der Waals surface area (Å²) in [5, 5.41) is 15.0. The fourth-order valence-corrected chi connectivity index (χ4v) is 1.61. The summed E-state index contributed by atoms with van der Waals surface area (Å²) in [6.45, 7) is 4.39. The van der Waals surface area contributed by atoms with Gasteiger partial charge in [0, 0.05) is 13.1 Å². The van der Waals surface area contributed by atoms with Gasteiger partial charge in [-0.15, -0.1) is 0 Å². The van der Waals surface area contributed by atoms with E-state index in [1.54, 1.807) is 7.05 Å². The van der Waals surface area contributed by atoms with Crippen LogP contribution in [0.25, 0.3) is 0 Å². The Kier molecular flexibility index (Phi) is 8.33. The Morgan fingerprint density at radius 3 is 2.27 bits per heavy atom. The number of aliphatic hydroxyl groups is 1. The predicted octanol–water partition coefficient (Wildman–Crippen LogP) is 0.652. The summed E-state index contributed by atoms with van der Waals surface area (Å²) in [5.41, 5.74) is 0. The van der Waals surface area contributed by atoms with E-state index in [9.17, 15) is 9.90 Å². The van der Waals surface area contributed by atoms with Crippen molar-refractivity contribution in [2.24, 2.45) is 0 Å². The highest BCUT2D eigenvalue weighted by Gasteiger charge is 2.18. The molecule has 15 heavy (non-hydrogen) atoms. The fourth-order valence-electron chi connectivity index (χ4n) is 1.61. The Bertz CT molecular complexity index is 166. The van der Waals surface area contributed by atoms with Crippen LogP contribution in [-0.4, -0.2) is 36.8 Å². The van der Waals surface area contributed by atoms with Crippen molar-refractivity contribution in [3.05, 3.63) is 0 Å². The molecule has 0 aliphatic heterocycles. The van der Waals surface area contributed by atoms with E-state index in [1.807, 2.05) is 13.8 Å². The topological polar surface area (TPSA) is 61.4 Å². The van der Waals surface area contributed by atoms with Crippen molar-refractivity contribution in [3.8, 4) is 0 Å². The zero-order chi connectivity index (χ0) is 11.7. The third kappa shape index (κ3) is 6.47. The van der Waals surface area contributed by atoms with Crippen LogP contribution in [-0.2, 0) is 4.79 Å². The average Bonchev–Trinajstić information content (AvgIpc) is 2.30. The molecular formula is C11H24N2O2. The molecule has 1 aliphatic rings. The van der Waals surface area contributed by atoms with E-state index in [1.165, 1.54) is 0 Å². The summed E-state index contributed by atoms with van der Waals surface area (Å²) in [6.07, 6.45) is 3.52. The highest BCUT2D eigenvalue weighted by atomic mass is 16.3. The minimum atomic E-state index is -0.127. The molecule has 0 aromatic carbocycles. The lowest BCUT2D eigenvalue weighted by molar-refractivity contribution is -0.119. The first-order valence-corrected chi connectivity index (χ1v) is 5.84. The predicted molar refractivity (Wildman–Crippen MR) is 61.7 cm³/mol. The first-order valence-electron chi connectivity index (χ1n) is 5.84. The monoisotopic (exact) mass is 216 g/mol. The molecule has 0 spiro atoms. The van der Waals surface area contributed by atoms with Gasteiger partial charge in [0.2, 0.25) is 5.91 Å². The van der Waals surface area contributed by atoms with Crippen LogP contribution >= 0.6 is 0 Å². The van der Waals surface area contributed by atoms with E-state index < -0.39 is 0 Å². The Hall–Kier alpha value is -0.610. The van der Waals surface area contributed by atoms with E-state index in [2.05, 4.69) is 10.6 Å². The van der Waals surface area contributed by atoms with Gasteiger partial charge < -0.3 is 15.7 Å². The second-order valence-corrected chi connectivity index (χ2v) is 3.56. The van der Waals surface area contributed by atoms with Crippen molar-refractivity contribution in [2.45, 2.75) is 51.7 Å². The molecule has 1 saturated carbocycles. The second-order valence-electron chi connectivity index (χ2n) is 3.56. The Balaban J connectivity index is 0.000000921. The summed E-state index contributed by atoms with van der Waals surface area (Å²) < 4.78 is 0. The standard InChI is InChI=1S/C9H18N2O2.C2H6/c1-10-9(13)6-11-7-2-4-8(12)5-3-7;1-2/h7-8,11-12H,2-6H2,1H3,(H,10,13);1-2H3. The summed E-state index contributed by atoms with van der Waals surface area (Å²) >= 11 is 0. The Morgan fingerprint density at radius 2 is 1.80 bits per heavy atom. The molecule has 0 aromatic heterocycles. The average molecular weight is 216 g/mol. The molecule has 0 heterocycles. The zero-order valence-electron chi connectivity index (χ0n) is 10.0. The third-order valence-corrected chi connectivity index (χ3v) is 2.53. The molecule has 4 nitrogen and oxygen atoms in total. The molecule has 0 saturated heterocycles. The van der Waals surface area contributed by atoms with Crippen molar-refractivity contribution >= 4 is 5.91 Å². The molecule has 0 radical (unpaired) electrons. The molecule has 1 fully saturated rings. The summed E-state index contributed by atoms with van der Waals surface area (Å²) in [7, 11) is 1.63. The number of hydrogen-bond donors (Lipinski definition) is 3. The summed E-state index contributed by atoms with van der Waals surface area (Å²) in [4.78, 5) is 10.9. The van der Waals surface area contributed by atoms with E-state index in [-0.39, 0.29) is 12.0 Å². The molecule has 1 rings (SSSR count). The van der Waals surface area contributed by atoms with Crippen LogP contribution in [0.15, 0.2) is 0 Å². The number of nitrogens with one attached hydrogen (secondary N) is 2. The van der Waals surface area contributed by atoms with E-state index in [0.29, 0.717) is 12.6 Å². The largest absolute Gasteiger partial charge is 0.393 e. The van der Waals surface area contributed by atoms with Gasteiger partial charge >= 0.3 is 0 Å². The maximum Gasteiger partial charge on any atom is 0.233 e. The third-order valence-electron chi connectivity index (χ3n) is 2.53. The van der Waals surface area contributed by atoms with Crippen LogP contribution in [0.5, 0.6) is 0 Å². The highest BCUT2D eigenvalue weighted by molar-refractivity contribution is 5.77.